The van der Waals surface area contributed by atoms with Crippen molar-refractivity contribution in [2.45, 2.75) is 76.8 Å². The number of carbonyl (C=O) groups is 1. The minimum absolute atomic E-state index is 0.170. The lowest BCUT2D eigenvalue weighted by Crippen LogP contribution is -2.42. The van der Waals surface area contributed by atoms with Crippen molar-refractivity contribution >= 4 is 17.9 Å². The predicted molar refractivity (Wildman–Crippen MR) is 127 cm³/mol. The number of thioether (sulfide) groups is 1. The topological polar surface area (TPSA) is 59.0 Å². The summed E-state index contributed by atoms with van der Waals surface area (Å²) in [6.07, 6.45) is 11.0. The van der Waals surface area contributed by atoms with E-state index in [2.05, 4.69) is 18.2 Å². The molecule has 1 aliphatic heterocycles. The third-order valence-electron chi connectivity index (χ3n) is 6.16. The van der Waals surface area contributed by atoms with Crippen LogP contribution in [-0.4, -0.2) is 64.6 Å². The highest BCUT2D eigenvalue weighted by Crippen LogP contribution is 2.48. The number of ether oxygens (including phenoxy) is 2. The predicted octanol–water partition coefficient (Wildman–Crippen LogP) is 5.05. The van der Waals surface area contributed by atoms with E-state index >= 15 is 0 Å². The number of aliphatic hydroxyl groups is 1. The maximum atomic E-state index is 12.2. The molecule has 0 aromatic heterocycles. The molecule has 3 aliphatic rings. The summed E-state index contributed by atoms with van der Waals surface area (Å²) in [6.45, 7) is 12.6. The van der Waals surface area contributed by atoms with Gasteiger partial charge in [0.1, 0.15) is 5.60 Å². The number of rotatable bonds is 8. The van der Waals surface area contributed by atoms with Crippen molar-refractivity contribution in [1.82, 2.24) is 4.90 Å². The molecule has 0 bridgehead atoms. The van der Waals surface area contributed by atoms with E-state index in [9.17, 15) is 9.90 Å². The molecule has 31 heavy (non-hydrogen) atoms. The fourth-order valence-corrected chi connectivity index (χ4v) is 5.44. The summed E-state index contributed by atoms with van der Waals surface area (Å²) in [5.41, 5.74) is 0.230. The van der Waals surface area contributed by atoms with E-state index in [-0.39, 0.29) is 6.09 Å². The second-order valence-corrected chi connectivity index (χ2v) is 12.2. The van der Waals surface area contributed by atoms with Crippen LogP contribution in [0.1, 0.15) is 60.3 Å². The number of allylic oxidation sites excluding steroid dienone is 1. The van der Waals surface area contributed by atoms with Gasteiger partial charge >= 0.3 is 6.09 Å². The van der Waals surface area contributed by atoms with E-state index in [0.717, 1.165) is 56.5 Å². The molecule has 0 radical (unpaired) electrons. The largest absolute Gasteiger partial charge is 0.444 e. The Balaban J connectivity index is 1.28. The van der Waals surface area contributed by atoms with Crippen LogP contribution < -0.4 is 0 Å². The molecule has 0 aromatic carbocycles. The SMILES string of the molecule is CC(C)(O)CSC1C=CC(COC[C@@H]2C[C@@H]2C2CCN(C(=O)OC(C)(C)C)CC2)=CC1. The molecule has 0 spiro atoms. The van der Waals surface area contributed by atoms with Gasteiger partial charge in [-0.2, -0.15) is 11.8 Å². The van der Waals surface area contributed by atoms with E-state index in [0.29, 0.717) is 17.8 Å². The molecule has 2 fully saturated rings. The summed E-state index contributed by atoms with van der Waals surface area (Å²) in [4.78, 5) is 14.1. The van der Waals surface area contributed by atoms with E-state index in [1.807, 2.05) is 51.3 Å². The van der Waals surface area contributed by atoms with Gasteiger partial charge in [0.05, 0.1) is 18.8 Å². The molecule has 1 heterocycles. The number of hydrogen-bond acceptors (Lipinski definition) is 5. The number of hydrogen-bond donors (Lipinski definition) is 1. The van der Waals surface area contributed by atoms with Crippen LogP contribution in [0.5, 0.6) is 0 Å². The van der Waals surface area contributed by atoms with E-state index in [1.54, 1.807) is 0 Å². The summed E-state index contributed by atoms with van der Waals surface area (Å²) in [5.74, 6) is 2.91. The Kier molecular flexibility index (Phi) is 8.20. The van der Waals surface area contributed by atoms with Crippen LogP contribution in [0.15, 0.2) is 23.8 Å². The Hall–Kier alpha value is -0.980. The molecule has 1 saturated heterocycles. The molecule has 5 nitrogen and oxygen atoms in total. The van der Waals surface area contributed by atoms with Gasteiger partial charge in [-0.1, -0.05) is 18.2 Å². The molecule has 0 aromatic rings. The fourth-order valence-electron chi connectivity index (χ4n) is 4.39. The quantitative estimate of drug-likeness (QED) is 0.560. The summed E-state index contributed by atoms with van der Waals surface area (Å²) in [6, 6.07) is 0. The van der Waals surface area contributed by atoms with Gasteiger partial charge < -0.3 is 19.5 Å². The van der Waals surface area contributed by atoms with E-state index in [1.165, 1.54) is 12.0 Å². The van der Waals surface area contributed by atoms with Crippen molar-refractivity contribution in [3.05, 3.63) is 23.8 Å². The normalized spacial score (nSPS) is 27.2. The molecule has 176 valence electrons. The van der Waals surface area contributed by atoms with Crippen LogP contribution in [0.3, 0.4) is 0 Å². The smallest absolute Gasteiger partial charge is 0.410 e. The summed E-state index contributed by atoms with van der Waals surface area (Å²) < 4.78 is 11.5. The molecular formula is C25H41NO4S. The van der Waals surface area contributed by atoms with Crippen molar-refractivity contribution in [2.75, 3.05) is 32.1 Å². The third-order valence-corrected chi connectivity index (χ3v) is 7.81. The van der Waals surface area contributed by atoms with Gasteiger partial charge in [-0.3, -0.25) is 0 Å². The molecule has 1 saturated carbocycles. The van der Waals surface area contributed by atoms with Crippen LogP contribution in [0.4, 0.5) is 4.79 Å². The van der Waals surface area contributed by atoms with Gasteiger partial charge in [0.25, 0.3) is 0 Å². The van der Waals surface area contributed by atoms with Crippen LogP contribution in [0.25, 0.3) is 0 Å². The maximum Gasteiger partial charge on any atom is 0.410 e. The molecule has 3 atom stereocenters. The van der Waals surface area contributed by atoms with Crippen LogP contribution >= 0.6 is 11.8 Å². The van der Waals surface area contributed by atoms with Crippen LogP contribution in [0.2, 0.25) is 0 Å². The first-order chi connectivity index (χ1) is 14.5. The Morgan fingerprint density at radius 1 is 1.23 bits per heavy atom. The number of piperidine rings is 1. The standard InChI is InChI=1S/C25H41NO4S/c1-24(2,3)30-23(27)26-12-10-19(11-13-26)22-14-20(22)16-29-15-18-6-8-21(9-7-18)31-17-25(4,5)28/h6-8,19-22,28H,9-17H2,1-5H3/t20-,21?,22+/m0/s1. The third kappa shape index (κ3) is 8.47. The van der Waals surface area contributed by atoms with Gasteiger partial charge in [0.2, 0.25) is 0 Å². The fraction of sp³-hybridized carbons (Fsp3) is 0.800. The number of nitrogens with zero attached hydrogens (tertiary/aromatic N) is 1. The Morgan fingerprint density at radius 3 is 2.52 bits per heavy atom. The highest BCUT2D eigenvalue weighted by atomic mass is 32.2. The van der Waals surface area contributed by atoms with Gasteiger partial charge in [0.15, 0.2) is 0 Å². The van der Waals surface area contributed by atoms with Gasteiger partial charge in [-0.25, -0.2) is 4.79 Å². The average Bonchev–Trinajstić information content (AvgIpc) is 3.45. The Morgan fingerprint density at radius 2 is 1.94 bits per heavy atom. The average molecular weight is 452 g/mol. The Labute approximate surface area is 192 Å². The van der Waals surface area contributed by atoms with Crippen molar-refractivity contribution in [3.8, 4) is 0 Å². The van der Waals surface area contributed by atoms with Gasteiger partial charge in [-0.15, -0.1) is 0 Å². The minimum Gasteiger partial charge on any atom is -0.444 e. The second-order valence-electron chi connectivity index (χ2n) is 11.0. The molecule has 6 heteroatoms. The summed E-state index contributed by atoms with van der Waals surface area (Å²) in [5, 5.41) is 10.3. The number of likely N-dealkylation sites (tertiary alicyclic amines) is 1. The lowest BCUT2D eigenvalue weighted by Gasteiger charge is -2.33. The van der Waals surface area contributed by atoms with Crippen molar-refractivity contribution < 1.29 is 19.4 Å². The van der Waals surface area contributed by atoms with Crippen molar-refractivity contribution in [3.63, 3.8) is 0 Å². The van der Waals surface area contributed by atoms with Gasteiger partial charge in [0, 0.05) is 24.1 Å². The van der Waals surface area contributed by atoms with Crippen molar-refractivity contribution in [1.29, 1.82) is 0 Å². The van der Waals surface area contributed by atoms with Crippen LogP contribution in [-0.2, 0) is 9.47 Å². The zero-order valence-corrected chi connectivity index (χ0v) is 20.7. The first-order valence-corrected chi connectivity index (χ1v) is 12.8. The zero-order valence-electron chi connectivity index (χ0n) is 19.9. The first kappa shape index (κ1) is 24.7. The van der Waals surface area contributed by atoms with Crippen LogP contribution in [0, 0.1) is 17.8 Å². The monoisotopic (exact) mass is 451 g/mol. The molecule has 2 aliphatic carbocycles. The number of carbonyl (C=O) groups excluding carboxylic acids is 1. The highest BCUT2D eigenvalue weighted by molar-refractivity contribution is 8.00. The number of amides is 1. The zero-order chi connectivity index (χ0) is 22.6. The Bertz CT molecular complexity index is 668. The lowest BCUT2D eigenvalue weighted by molar-refractivity contribution is 0.0171. The lowest BCUT2D eigenvalue weighted by atomic mass is 9.91. The molecule has 1 N–H and O–H groups in total. The second kappa shape index (κ2) is 10.3. The summed E-state index contributed by atoms with van der Waals surface area (Å²) >= 11 is 1.81. The maximum absolute atomic E-state index is 12.2. The molecule has 1 amide bonds. The van der Waals surface area contributed by atoms with E-state index < -0.39 is 11.2 Å². The van der Waals surface area contributed by atoms with E-state index in [4.69, 9.17) is 9.47 Å². The van der Waals surface area contributed by atoms with Crippen molar-refractivity contribution in [2.24, 2.45) is 17.8 Å². The minimum atomic E-state index is -0.612. The van der Waals surface area contributed by atoms with Gasteiger partial charge in [-0.05, 0) is 83.6 Å². The molecular weight excluding hydrogens is 410 g/mol. The highest BCUT2D eigenvalue weighted by Gasteiger charge is 2.44. The first-order valence-electron chi connectivity index (χ1n) is 11.8. The molecule has 1 unspecified atom stereocenters. The summed E-state index contributed by atoms with van der Waals surface area (Å²) in [7, 11) is 0. The molecule has 3 rings (SSSR count).